The van der Waals surface area contributed by atoms with Crippen LogP contribution < -0.4 is 0 Å². The van der Waals surface area contributed by atoms with Crippen LogP contribution >= 0.6 is 0 Å². The van der Waals surface area contributed by atoms with E-state index < -0.39 is 0 Å². The first-order valence-electron chi connectivity index (χ1n) is 6.05. The van der Waals surface area contributed by atoms with Gasteiger partial charge in [-0.3, -0.25) is 0 Å². The third-order valence-electron chi connectivity index (χ3n) is 2.86. The van der Waals surface area contributed by atoms with Crippen LogP contribution in [0.5, 0.6) is 0 Å². The lowest BCUT2D eigenvalue weighted by Crippen LogP contribution is -2.28. The lowest BCUT2D eigenvalue weighted by molar-refractivity contribution is 0.293. The Hall–Kier alpha value is -0.980. The van der Waals surface area contributed by atoms with E-state index in [2.05, 4.69) is 43.6 Å². The van der Waals surface area contributed by atoms with E-state index in [0.29, 0.717) is 0 Å². The minimum Gasteiger partial charge on any atom is -0.372 e. The largest absolute Gasteiger partial charge is 0.372 e. The average Bonchev–Trinajstić information content (AvgIpc) is 2.29. The van der Waals surface area contributed by atoms with Crippen LogP contribution in [0.25, 0.3) is 0 Å². The van der Waals surface area contributed by atoms with Crippen molar-refractivity contribution >= 4 is 0 Å². The Morgan fingerprint density at radius 1 is 1.27 bits per heavy atom. The molecule has 0 bridgehead atoms. The maximum atomic E-state index is 4.05. The molecule has 1 heterocycles. The van der Waals surface area contributed by atoms with Gasteiger partial charge in [0.1, 0.15) is 0 Å². The van der Waals surface area contributed by atoms with E-state index in [4.69, 9.17) is 0 Å². The van der Waals surface area contributed by atoms with E-state index in [-0.39, 0.29) is 0 Å². The molecular formula is C14H23N. The lowest BCUT2D eigenvalue weighted by atomic mass is 10.1. The van der Waals surface area contributed by atoms with Gasteiger partial charge in [-0.05, 0) is 44.8 Å². The molecule has 0 aromatic heterocycles. The van der Waals surface area contributed by atoms with Gasteiger partial charge in [0, 0.05) is 18.8 Å². The van der Waals surface area contributed by atoms with E-state index >= 15 is 0 Å². The number of rotatable bonds is 4. The number of nitrogens with zero attached hydrogens (tertiary/aromatic N) is 1. The summed E-state index contributed by atoms with van der Waals surface area (Å²) >= 11 is 0. The molecule has 0 aromatic carbocycles. The summed E-state index contributed by atoms with van der Waals surface area (Å²) in [6, 6.07) is 0. The molecule has 0 aromatic rings. The first-order chi connectivity index (χ1) is 7.27. The van der Waals surface area contributed by atoms with Crippen LogP contribution in [0.4, 0.5) is 0 Å². The molecule has 1 fully saturated rings. The summed E-state index contributed by atoms with van der Waals surface area (Å²) in [5, 5.41) is 0. The number of allylic oxidation sites excluding steroid dienone is 4. The van der Waals surface area contributed by atoms with Gasteiger partial charge in [0.2, 0.25) is 0 Å². The van der Waals surface area contributed by atoms with Gasteiger partial charge in [-0.2, -0.15) is 0 Å². The summed E-state index contributed by atoms with van der Waals surface area (Å²) in [4.78, 5) is 2.48. The first-order valence-corrected chi connectivity index (χ1v) is 6.05. The zero-order chi connectivity index (χ0) is 11.1. The summed E-state index contributed by atoms with van der Waals surface area (Å²) in [6.07, 6.45) is 11.6. The van der Waals surface area contributed by atoms with Crippen molar-refractivity contribution < 1.29 is 0 Å². The number of piperidine rings is 1. The van der Waals surface area contributed by atoms with Crippen LogP contribution in [0.2, 0.25) is 0 Å². The third-order valence-corrected chi connectivity index (χ3v) is 2.86. The van der Waals surface area contributed by atoms with Crippen molar-refractivity contribution in [2.75, 3.05) is 13.1 Å². The smallest absolute Gasteiger partial charge is 0.0365 e. The molecule has 1 heteroatoms. The van der Waals surface area contributed by atoms with Crippen molar-refractivity contribution in [1.82, 2.24) is 4.90 Å². The predicted octanol–water partition coefficient (Wildman–Crippen LogP) is 3.90. The highest BCUT2D eigenvalue weighted by molar-refractivity contribution is 5.27. The molecule has 15 heavy (non-hydrogen) atoms. The first kappa shape index (κ1) is 12.1. The van der Waals surface area contributed by atoms with Gasteiger partial charge in [0.25, 0.3) is 0 Å². The minimum atomic E-state index is 1.04. The van der Waals surface area contributed by atoms with Crippen LogP contribution in [-0.2, 0) is 0 Å². The summed E-state index contributed by atoms with van der Waals surface area (Å²) < 4.78 is 0. The normalized spacial score (nSPS) is 18.5. The molecular weight excluding hydrogens is 182 g/mol. The summed E-state index contributed by atoms with van der Waals surface area (Å²) in [6.45, 7) is 10.7. The number of hydrogen-bond donors (Lipinski definition) is 0. The second-order valence-electron chi connectivity index (χ2n) is 4.13. The van der Waals surface area contributed by atoms with Crippen LogP contribution in [-0.4, -0.2) is 18.0 Å². The molecule has 0 saturated carbocycles. The Labute approximate surface area is 94.2 Å². The van der Waals surface area contributed by atoms with Gasteiger partial charge in [-0.15, -0.1) is 0 Å². The number of likely N-dealkylation sites (tertiary alicyclic amines) is 1. The van der Waals surface area contributed by atoms with Crippen LogP contribution in [0.3, 0.4) is 0 Å². The monoisotopic (exact) mass is 205 g/mol. The molecule has 1 rings (SSSR count). The van der Waals surface area contributed by atoms with Crippen LogP contribution in [0, 0.1) is 0 Å². The molecule has 1 aliphatic rings. The highest BCUT2D eigenvalue weighted by Gasteiger charge is 2.10. The average molecular weight is 205 g/mol. The highest BCUT2D eigenvalue weighted by atomic mass is 15.1. The Kier molecular flexibility index (Phi) is 5.23. The number of hydrogen-bond acceptors (Lipinski definition) is 1. The topological polar surface area (TPSA) is 3.24 Å². The molecule has 84 valence electrons. The Balaban J connectivity index is 2.71. The molecule has 0 aliphatic carbocycles. The second-order valence-corrected chi connectivity index (χ2v) is 4.13. The summed E-state index contributed by atoms with van der Waals surface area (Å²) in [5.74, 6) is 0. The van der Waals surface area contributed by atoms with E-state index in [1.54, 1.807) is 0 Å². The molecule has 1 aliphatic heterocycles. The van der Waals surface area contributed by atoms with E-state index in [9.17, 15) is 0 Å². The van der Waals surface area contributed by atoms with Crippen molar-refractivity contribution in [2.24, 2.45) is 0 Å². The Morgan fingerprint density at radius 3 is 2.47 bits per heavy atom. The zero-order valence-corrected chi connectivity index (χ0v) is 10.1. The fourth-order valence-electron chi connectivity index (χ4n) is 1.88. The van der Waals surface area contributed by atoms with Crippen molar-refractivity contribution in [3.05, 3.63) is 36.1 Å². The van der Waals surface area contributed by atoms with Crippen molar-refractivity contribution in [3.8, 4) is 0 Å². The minimum absolute atomic E-state index is 1.04. The maximum absolute atomic E-state index is 4.05. The molecule has 0 radical (unpaired) electrons. The third kappa shape index (κ3) is 3.94. The fraction of sp³-hybridized carbons (Fsp3) is 0.571. The summed E-state index contributed by atoms with van der Waals surface area (Å²) in [7, 11) is 0. The lowest BCUT2D eigenvalue weighted by Gasteiger charge is -2.30. The van der Waals surface area contributed by atoms with Crippen LogP contribution in [0.15, 0.2) is 36.1 Å². The molecule has 0 N–H and O–H groups in total. The molecule has 0 spiro atoms. The van der Waals surface area contributed by atoms with Gasteiger partial charge >= 0.3 is 0 Å². The second kappa shape index (κ2) is 6.49. The fourth-order valence-corrected chi connectivity index (χ4v) is 1.88. The van der Waals surface area contributed by atoms with Crippen molar-refractivity contribution in [3.63, 3.8) is 0 Å². The quantitative estimate of drug-likeness (QED) is 0.629. The van der Waals surface area contributed by atoms with E-state index in [0.717, 1.165) is 6.42 Å². The van der Waals surface area contributed by atoms with Crippen molar-refractivity contribution in [1.29, 1.82) is 0 Å². The van der Waals surface area contributed by atoms with Gasteiger partial charge in [-0.1, -0.05) is 25.2 Å². The zero-order valence-electron chi connectivity index (χ0n) is 10.1. The van der Waals surface area contributed by atoms with E-state index in [1.165, 1.54) is 43.6 Å². The molecule has 1 nitrogen and oxygen atoms in total. The molecule has 0 amide bonds. The SMILES string of the molecule is C=C(/C=C(\C=C/C)N1CCCCC1)CC. The van der Waals surface area contributed by atoms with Crippen LogP contribution in [0.1, 0.15) is 39.5 Å². The van der Waals surface area contributed by atoms with Gasteiger partial charge in [0.05, 0.1) is 0 Å². The molecule has 0 atom stereocenters. The van der Waals surface area contributed by atoms with Gasteiger partial charge < -0.3 is 4.90 Å². The van der Waals surface area contributed by atoms with Crippen molar-refractivity contribution in [2.45, 2.75) is 39.5 Å². The van der Waals surface area contributed by atoms with E-state index in [1.807, 2.05) is 0 Å². The standard InChI is InChI=1S/C14H23N/c1-4-9-14(12-13(3)5-2)15-10-7-6-8-11-15/h4,9,12H,3,5-8,10-11H2,1-2H3/b9-4-,14-12+. The molecule has 0 unspecified atom stereocenters. The van der Waals surface area contributed by atoms with Gasteiger partial charge in [0.15, 0.2) is 0 Å². The molecule has 1 saturated heterocycles. The Morgan fingerprint density at radius 2 is 1.93 bits per heavy atom. The maximum Gasteiger partial charge on any atom is 0.0365 e. The Bertz CT molecular complexity index is 255. The predicted molar refractivity (Wildman–Crippen MR) is 67.8 cm³/mol. The van der Waals surface area contributed by atoms with Gasteiger partial charge in [-0.25, -0.2) is 0 Å². The summed E-state index contributed by atoms with van der Waals surface area (Å²) in [5.41, 5.74) is 2.55. The highest BCUT2D eigenvalue weighted by Crippen LogP contribution is 2.17.